The summed E-state index contributed by atoms with van der Waals surface area (Å²) < 4.78 is 0. The summed E-state index contributed by atoms with van der Waals surface area (Å²) in [5, 5.41) is 2.46. The lowest BCUT2D eigenvalue weighted by atomic mass is 9.94. The largest absolute Gasteiger partial charge is 0.337 e. The molecule has 0 unspecified atom stereocenters. The van der Waals surface area contributed by atoms with E-state index in [1.165, 1.54) is 31.0 Å². The number of rotatable bonds is 2. The van der Waals surface area contributed by atoms with Crippen LogP contribution in [0.15, 0.2) is 62.3 Å². The predicted octanol–water partition coefficient (Wildman–Crippen LogP) is 6.96. The van der Waals surface area contributed by atoms with E-state index in [9.17, 15) is 4.79 Å². The van der Waals surface area contributed by atoms with Crippen LogP contribution in [0.3, 0.4) is 0 Å². The van der Waals surface area contributed by atoms with Crippen LogP contribution in [0.2, 0.25) is 5.02 Å². The Kier molecular flexibility index (Phi) is 5.80. The van der Waals surface area contributed by atoms with Gasteiger partial charge in [-0.05, 0) is 67.4 Å². The summed E-state index contributed by atoms with van der Waals surface area (Å²) >= 11 is 9.37. The molecule has 0 spiro atoms. The summed E-state index contributed by atoms with van der Waals surface area (Å²) in [5.41, 5.74) is 3.10. The van der Waals surface area contributed by atoms with Crippen molar-refractivity contribution < 1.29 is 4.79 Å². The molecule has 0 N–H and O–H groups in total. The fraction of sp³-hybridized carbons (Fsp3) is 0.333. The van der Waals surface area contributed by atoms with Gasteiger partial charge in [-0.15, -0.1) is 0 Å². The molecule has 1 aliphatic carbocycles. The highest BCUT2D eigenvalue weighted by atomic mass is 35.5. The number of aryl methyl sites for hydroxylation is 1. The van der Waals surface area contributed by atoms with Gasteiger partial charge >= 0.3 is 0 Å². The number of carbonyl (C=O) groups excluding carboxylic acids is 1. The van der Waals surface area contributed by atoms with E-state index in [1.807, 2.05) is 42.3 Å². The predicted molar refractivity (Wildman–Crippen MR) is 132 cm³/mol. The second-order valence-electron chi connectivity index (χ2n) is 8.21. The second-order valence-corrected chi connectivity index (χ2v) is 10.7. The van der Waals surface area contributed by atoms with Gasteiger partial charge < -0.3 is 4.90 Å². The van der Waals surface area contributed by atoms with Gasteiger partial charge in [0.15, 0.2) is 5.17 Å². The number of aliphatic imine (C=N–C) groups is 1. The fourth-order valence-electron chi connectivity index (χ4n) is 4.38. The Hall–Kier alpha value is -1.89. The van der Waals surface area contributed by atoms with Crippen molar-refractivity contribution in [3.05, 3.63) is 63.0 Å². The zero-order chi connectivity index (χ0) is 21.5. The number of hydrogen-bond acceptors (Lipinski definition) is 5. The molecule has 5 rings (SSSR count). The molecule has 160 valence electrons. The number of carbonyl (C=O) groups is 1. The topological polar surface area (TPSA) is 35.9 Å². The Morgan fingerprint density at radius 3 is 2.65 bits per heavy atom. The van der Waals surface area contributed by atoms with Crippen molar-refractivity contribution in [1.29, 1.82) is 0 Å². The minimum atomic E-state index is 0.0801. The molecule has 4 nitrogen and oxygen atoms in total. The van der Waals surface area contributed by atoms with E-state index in [2.05, 4.69) is 24.0 Å². The van der Waals surface area contributed by atoms with Crippen LogP contribution in [-0.4, -0.2) is 29.1 Å². The highest BCUT2D eigenvalue weighted by Gasteiger charge is 2.42. The average molecular weight is 470 g/mol. The maximum Gasteiger partial charge on any atom is 0.269 e. The molecule has 0 bridgehead atoms. The van der Waals surface area contributed by atoms with Gasteiger partial charge in [0.2, 0.25) is 0 Å². The Morgan fingerprint density at radius 2 is 1.87 bits per heavy atom. The molecule has 0 aromatic heterocycles. The molecule has 3 aliphatic rings. The van der Waals surface area contributed by atoms with Crippen molar-refractivity contribution in [1.82, 2.24) is 4.90 Å². The Balaban J connectivity index is 1.56. The molecule has 0 atom stereocenters. The third kappa shape index (κ3) is 4.01. The Morgan fingerprint density at radius 1 is 1.06 bits per heavy atom. The molecule has 1 saturated carbocycles. The monoisotopic (exact) mass is 469 g/mol. The summed E-state index contributed by atoms with van der Waals surface area (Å²) in [6.45, 7) is 2.06. The summed E-state index contributed by atoms with van der Waals surface area (Å²) in [7, 11) is 2.01. The van der Waals surface area contributed by atoms with Gasteiger partial charge in [0.25, 0.3) is 5.91 Å². The molecule has 2 aromatic carbocycles. The molecule has 2 heterocycles. The molecule has 31 heavy (non-hydrogen) atoms. The summed E-state index contributed by atoms with van der Waals surface area (Å²) in [6.07, 6.45) is 5.67. The first-order valence-corrected chi connectivity index (χ1v) is 12.6. The molecular weight excluding hydrogens is 446 g/mol. The minimum absolute atomic E-state index is 0.0801. The van der Waals surface area contributed by atoms with Crippen molar-refractivity contribution in [2.24, 2.45) is 4.99 Å². The van der Waals surface area contributed by atoms with Gasteiger partial charge in [-0.2, -0.15) is 0 Å². The van der Waals surface area contributed by atoms with Gasteiger partial charge in [-0.25, -0.2) is 4.99 Å². The molecule has 2 aliphatic heterocycles. The number of halogens is 1. The van der Waals surface area contributed by atoms with Crippen LogP contribution in [0.4, 0.5) is 11.4 Å². The van der Waals surface area contributed by atoms with Crippen LogP contribution < -0.4 is 4.90 Å². The number of anilines is 1. The normalized spacial score (nSPS) is 23.2. The SMILES string of the molecule is Cc1cccc(N=C2S/C(=C3\Sc4ccc(Cl)cc4N3C)C(=O)N2C2CCCCC2)c1. The third-order valence-corrected chi connectivity index (χ3v) is 8.61. The molecular formula is C24H24ClN3OS2. The van der Waals surface area contributed by atoms with E-state index < -0.39 is 0 Å². The van der Waals surface area contributed by atoms with E-state index >= 15 is 0 Å². The zero-order valence-corrected chi connectivity index (χ0v) is 20.0. The number of amidine groups is 1. The molecule has 2 fully saturated rings. The fourth-order valence-corrected chi connectivity index (χ4v) is 6.93. The van der Waals surface area contributed by atoms with Crippen LogP contribution in [0.1, 0.15) is 37.7 Å². The lowest BCUT2D eigenvalue weighted by Crippen LogP contribution is -2.40. The molecule has 1 saturated heterocycles. The molecule has 2 aromatic rings. The first-order valence-electron chi connectivity index (χ1n) is 10.6. The Labute approximate surface area is 196 Å². The van der Waals surface area contributed by atoms with Crippen LogP contribution in [0.25, 0.3) is 0 Å². The third-order valence-electron chi connectivity index (χ3n) is 5.97. The highest BCUT2D eigenvalue weighted by molar-refractivity contribution is 8.19. The van der Waals surface area contributed by atoms with Crippen molar-refractivity contribution in [2.75, 3.05) is 11.9 Å². The quantitative estimate of drug-likeness (QED) is 0.445. The van der Waals surface area contributed by atoms with Crippen LogP contribution in [0.5, 0.6) is 0 Å². The van der Waals surface area contributed by atoms with E-state index in [4.69, 9.17) is 16.6 Å². The summed E-state index contributed by atoms with van der Waals surface area (Å²) in [4.78, 5) is 24.6. The first-order chi connectivity index (χ1) is 15.0. The Bertz CT molecular complexity index is 1110. The molecule has 1 amide bonds. The molecule has 7 heteroatoms. The van der Waals surface area contributed by atoms with Gasteiger partial charge in [-0.3, -0.25) is 9.69 Å². The number of benzene rings is 2. The van der Waals surface area contributed by atoms with E-state index in [0.717, 1.165) is 49.8 Å². The first kappa shape index (κ1) is 21.0. The smallest absolute Gasteiger partial charge is 0.269 e. The van der Waals surface area contributed by atoms with Crippen molar-refractivity contribution in [2.45, 2.75) is 50.0 Å². The van der Waals surface area contributed by atoms with Crippen LogP contribution in [0, 0.1) is 6.92 Å². The molecule has 0 radical (unpaired) electrons. The van der Waals surface area contributed by atoms with Crippen molar-refractivity contribution >= 4 is 57.6 Å². The summed E-state index contributed by atoms with van der Waals surface area (Å²) in [5.74, 6) is 0.0801. The summed E-state index contributed by atoms with van der Waals surface area (Å²) in [6, 6.07) is 14.3. The number of amides is 1. The van der Waals surface area contributed by atoms with Gasteiger partial charge in [-0.1, -0.05) is 54.8 Å². The maximum absolute atomic E-state index is 13.7. The number of hydrogen-bond donors (Lipinski definition) is 0. The minimum Gasteiger partial charge on any atom is -0.337 e. The number of nitrogens with zero attached hydrogens (tertiary/aromatic N) is 3. The number of fused-ring (bicyclic) bond motifs is 1. The lowest BCUT2D eigenvalue weighted by molar-refractivity contribution is -0.124. The van der Waals surface area contributed by atoms with E-state index in [0.29, 0.717) is 5.02 Å². The number of thioether (sulfide) groups is 2. The van der Waals surface area contributed by atoms with E-state index in [-0.39, 0.29) is 11.9 Å². The van der Waals surface area contributed by atoms with Gasteiger partial charge in [0.05, 0.1) is 16.4 Å². The van der Waals surface area contributed by atoms with Crippen molar-refractivity contribution in [3.8, 4) is 0 Å². The average Bonchev–Trinajstić information content (AvgIpc) is 3.25. The second kappa shape index (κ2) is 8.57. The standard InChI is InChI=1S/C24H24ClN3OS2/c1-15-7-6-8-17(13-15)26-24-28(18-9-4-3-5-10-18)22(29)21(31-24)23-27(2)19-14-16(25)11-12-20(19)30-23/h6-8,11-14,18H,3-5,9-10H2,1-2H3/b23-21-,26-24?. The van der Waals surface area contributed by atoms with Gasteiger partial charge in [0, 0.05) is 23.0 Å². The zero-order valence-electron chi connectivity index (χ0n) is 17.6. The maximum atomic E-state index is 13.7. The van der Waals surface area contributed by atoms with Crippen molar-refractivity contribution in [3.63, 3.8) is 0 Å². The van der Waals surface area contributed by atoms with E-state index in [1.54, 1.807) is 11.8 Å². The lowest BCUT2D eigenvalue weighted by Gasteiger charge is -2.30. The van der Waals surface area contributed by atoms with Gasteiger partial charge in [0.1, 0.15) is 4.91 Å². The van der Waals surface area contributed by atoms with Crippen LogP contribution >= 0.6 is 35.1 Å². The highest BCUT2D eigenvalue weighted by Crippen LogP contribution is 2.51. The van der Waals surface area contributed by atoms with Crippen LogP contribution in [-0.2, 0) is 4.79 Å².